The molecule has 94 valence electrons. The van der Waals surface area contributed by atoms with Crippen LogP contribution < -0.4 is 11.1 Å². The lowest BCUT2D eigenvalue weighted by atomic mass is 9.87. The molecule has 3 nitrogen and oxygen atoms in total. The monoisotopic (exact) mass is 234 g/mol. The fourth-order valence-corrected chi connectivity index (χ4v) is 1.53. The van der Waals surface area contributed by atoms with Gasteiger partial charge in [-0.1, -0.05) is 32.9 Å². The zero-order chi connectivity index (χ0) is 12.9. The lowest BCUT2D eigenvalue weighted by Crippen LogP contribution is -2.26. The third kappa shape index (κ3) is 4.19. The second kappa shape index (κ2) is 5.82. The first-order chi connectivity index (χ1) is 7.95. The molecular formula is C14H22N2O. The van der Waals surface area contributed by atoms with Gasteiger partial charge in [-0.3, -0.25) is 4.79 Å². The highest BCUT2D eigenvalue weighted by Crippen LogP contribution is 2.22. The average molecular weight is 234 g/mol. The van der Waals surface area contributed by atoms with Crippen molar-refractivity contribution in [3.05, 3.63) is 35.4 Å². The molecular weight excluding hydrogens is 212 g/mol. The third-order valence-corrected chi connectivity index (χ3v) is 2.68. The Hall–Kier alpha value is -1.35. The summed E-state index contributed by atoms with van der Waals surface area (Å²) in [6, 6.07) is 7.77. The molecule has 0 spiro atoms. The van der Waals surface area contributed by atoms with E-state index in [1.54, 1.807) is 0 Å². The van der Waals surface area contributed by atoms with Crippen LogP contribution in [0.1, 0.15) is 43.1 Å². The number of rotatable bonds is 4. The predicted octanol–water partition coefficient (Wildman–Crippen LogP) is 2.06. The zero-order valence-corrected chi connectivity index (χ0v) is 10.9. The Balaban J connectivity index is 2.64. The van der Waals surface area contributed by atoms with Gasteiger partial charge in [0.05, 0.1) is 0 Å². The first-order valence-electron chi connectivity index (χ1n) is 6.04. The van der Waals surface area contributed by atoms with Crippen LogP contribution >= 0.6 is 0 Å². The van der Waals surface area contributed by atoms with Crippen LogP contribution in [0.15, 0.2) is 24.3 Å². The largest absolute Gasteiger partial charge is 0.352 e. The molecule has 1 aromatic carbocycles. The maximum absolute atomic E-state index is 11.7. The van der Waals surface area contributed by atoms with E-state index in [2.05, 4.69) is 26.1 Å². The van der Waals surface area contributed by atoms with Gasteiger partial charge in [0, 0.05) is 12.1 Å². The highest BCUT2D eigenvalue weighted by Gasteiger charge is 2.13. The van der Waals surface area contributed by atoms with Crippen molar-refractivity contribution < 1.29 is 4.79 Å². The van der Waals surface area contributed by atoms with Gasteiger partial charge in [-0.2, -0.15) is 0 Å². The fourth-order valence-electron chi connectivity index (χ4n) is 1.53. The molecule has 0 unspecified atom stereocenters. The summed E-state index contributed by atoms with van der Waals surface area (Å²) in [5, 5.41) is 2.84. The molecule has 0 aromatic heterocycles. The van der Waals surface area contributed by atoms with E-state index in [-0.39, 0.29) is 11.3 Å². The van der Waals surface area contributed by atoms with Gasteiger partial charge in [-0.25, -0.2) is 0 Å². The molecule has 0 radical (unpaired) electrons. The molecule has 0 fully saturated rings. The maximum atomic E-state index is 11.7. The van der Waals surface area contributed by atoms with Gasteiger partial charge in [-0.05, 0) is 36.1 Å². The van der Waals surface area contributed by atoms with E-state index in [9.17, 15) is 4.79 Å². The van der Waals surface area contributed by atoms with Crippen molar-refractivity contribution in [1.82, 2.24) is 5.32 Å². The van der Waals surface area contributed by atoms with Gasteiger partial charge in [0.2, 0.25) is 0 Å². The Bertz CT molecular complexity index is 363. The lowest BCUT2D eigenvalue weighted by Gasteiger charge is -2.19. The topological polar surface area (TPSA) is 55.1 Å². The second-order valence-electron chi connectivity index (χ2n) is 5.23. The van der Waals surface area contributed by atoms with Crippen molar-refractivity contribution >= 4 is 5.91 Å². The number of carbonyl (C=O) groups is 1. The molecule has 0 aliphatic heterocycles. The molecule has 3 heteroatoms. The van der Waals surface area contributed by atoms with Crippen LogP contribution in [0.25, 0.3) is 0 Å². The van der Waals surface area contributed by atoms with Crippen molar-refractivity contribution in [2.45, 2.75) is 32.6 Å². The molecule has 0 saturated heterocycles. The molecule has 3 N–H and O–H groups in total. The summed E-state index contributed by atoms with van der Waals surface area (Å²) in [6.45, 7) is 7.70. The minimum absolute atomic E-state index is 0.0288. The molecule has 0 atom stereocenters. The van der Waals surface area contributed by atoms with Crippen LogP contribution in [0.4, 0.5) is 0 Å². The fraction of sp³-hybridized carbons (Fsp3) is 0.500. The smallest absolute Gasteiger partial charge is 0.251 e. The van der Waals surface area contributed by atoms with Crippen LogP contribution in [0.2, 0.25) is 0 Å². The number of amides is 1. The summed E-state index contributed by atoms with van der Waals surface area (Å²) in [4.78, 5) is 11.7. The highest BCUT2D eigenvalue weighted by atomic mass is 16.1. The average Bonchev–Trinajstić information content (AvgIpc) is 2.28. The number of carbonyl (C=O) groups excluding carboxylic acids is 1. The Labute approximate surface area is 103 Å². The maximum Gasteiger partial charge on any atom is 0.251 e. The summed E-state index contributed by atoms with van der Waals surface area (Å²) in [6.07, 6.45) is 0.811. The molecule has 0 heterocycles. The van der Waals surface area contributed by atoms with E-state index in [1.165, 1.54) is 5.56 Å². The summed E-state index contributed by atoms with van der Waals surface area (Å²) in [5.74, 6) is -0.0288. The van der Waals surface area contributed by atoms with E-state index in [0.717, 1.165) is 6.42 Å². The first kappa shape index (κ1) is 13.7. The SMILES string of the molecule is CC(C)(C)c1ccc(C(=O)NCCCN)cc1. The van der Waals surface area contributed by atoms with Gasteiger partial charge >= 0.3 is 0 Å². The van der Waals surface area contributed by atoms with Crippen LogP contribution in [0.5, 0.6) is 0 Å². The van der Waals surface area contributed by atoms with E-state index in [1.807, 2.05) is 24.3 Å². The number of benzene rings is 1. The summed E-state index contributed by atoms with van der Waals surface area (Å²) in [5.41, 5.74) is 7.43. The minimum Gasteiger partial charge on any atom is -0.352 e. The second-order valence-corrected chi connectivity index (χ2v) is 5.23. The minimum atomic E-state index is -0.0288. The first-order valence-corrected chi connectivity index (χ1v) is 6.04. The number of nitrogens with one attached hydrogen (secondary N) is 1. The molecule has 0 aliphatic carbocycles. The van der Waals surface area contributed by atoms with Gasteiger partial charge in [0.1, 0.15) is 0 Å². The van der Waals surface area contributed by atoms with Crippen LogP contribution in [0.3, 0.4) is 0 Å². The normalized spacial score (nSPS) is 11.3. The van der Waals surface area contributed by atoms with E-state index >= 15 is 0 Å². The molecule has 1 amide bonds. The van der Waals surface area contributed by atoms with Gasteiger partial charge in [-0.15, -0.1) is 0 Å². The van der Waals surface area contributed by atoms with Crippen LogP contribution in [-0.4, -0.2) is 19.0 Å². The van der Waals surface area contributed by atoms with E-state index in [0.29, 0.717) is 18.7 Å². The van der Waals surface area contributed by atoms with Crippen molar-refractivity contribution in [2.24, 2.45) is 5.73 Å². The third-order valence-electron chi connectivity index (χ3n) is 2.68. The van der Waals surface area contributed by atoms with E-state index < -0.39 is 0 Å². The number of hydrogen-bond donors (Lipinski definition) is 2. The van der Waals surface area contributed by atoms with Gasteiger partial charge in [0.15, 0.2) is 0 Å². The van der Waals surface area contributed by atoms with Crippen LogP contribution in [0, 0.1) is 0 Å². The Kier molecular flexibility index (Phi) is 4.70. The lowest BCUT2D eigenvalue weighted by molar-refractivity contribution is 0.0953. The van der Waals surface area contributed by atoms with Crippen LogP contribution in [-0.2, 0) is 5.41 Å². The Morgan fingerprint density at radius 2 is 1.82 bits per heavy atom. The molecule has 1 aromatic rings. The van der Waals surface area contributed by atoms with Crippen molar-refractivity contribution in [2.75, 3.05) is 13.1 Å². The van der Waals surface area contributed by atoms with Gasteiger partial charge in [0.25, 0.3) is 5.91 Å². The van der Waals surface area contributed by atoms with E-state index in [4.69, 9.17) is 5.73 Å². The van der Waals surface area contributed by atoms with Gasteiger partial charge < -0.3 is 11.1 Å². The van der Waals surface area contributed by atoms with Crippen molar-refractivity contribution in [3.63, 3.8) is 0 Å². The Morgan fingerprint density at radius 1 is 1.24 bits per heavy atom. The summed E-state index contributed by atoms with van der Waals surface area (Å²) >= 11 is 0. The Morgan fingerprint density at radius 3 is 2.29 bits per heavy atom. The highest BCUT2D eigenvalue weighted by molar-refractivity contribution is 5.94. The molecule has 0 saturated carbocycles. The number of hydrogen-bond acceptors (Lipinski definition) is 2. The molecule has 1 rings (SSSR count). The quantitative estimate of drug-likeness (QED) is 0.783. The molecule has 17 heavy (non-hydrogen) atoms. The summed E-state index contributed by atoms with van der Waals surface area (Å²) < 4.78 is 0. The molecule has 0 aliphatic rings. The standard InChI is InChI=1S/C14H22N2O/c1-14(2,3)12-7-5-11(6-8-12)13(17)16-10-4-9-15/h5-8H,4,9-10,15H2,1-3H3,(H,16,17). The van der Waals surface area contributed by atoms with Crippen molar-refractivity contribution in [3.8, 4) is 0 Å². The number of nitrogens with two attached hydrogens (primary N) is 1. The summed E-state index contributed by atoms with van der Waals surface area (Å²) in [7, 11) is 0. The zero-order valence-electron chi connectivity index (χ0n) is 10.9. The predicted molar refractivity (Wildman–Crippen MR) is 71.1 cm³/mol. The molecule has 0 bridgehead atoms. The van der Waals surface area contributed by atoms with Crippen molar-refractivity contribution in [1.29, 1.82) is 0 Å².